The van der Waals surface area contributed by atoms with E-state index in [2.05, 4.69) is 15.5 Å². The van der Waals surface area contributed by atoms with Crippen molar-refractivity contribution in [3.05, 3.63) is 54.6 Å². The van der Waals surface area contributed by atoms with E-state index in [-0.39, 0.29) is 0 Å². The van der Waals surface area contributed by atoms with Crippen LogP contribution < -0.4 is 5.73 Å². The molecule has 0 unspecified atom stereocenters. The number of hydrogen-bond donors (Lipinski definition) is 1. The van der Waals surface area contributed by atoms with Crippen LogP contribution in [-0.4, -0.2) is 20.2 Å². The second kappa shape index (κ2) is 4.29. The molecule has 1 aromatic heterocycles. The minimum absolute atomic E-state index is 0.641. The Labute approximate surface area is 104 Å². The molecule has 0 saturated heterocycles. The van der Waals surface area contributed by atoms with Crippen molar-refractivity contribution in [2.75, 3.05) is 5.73 Å². The lowest BCUT2D eigenvalue weighted by atomic mass is 10.2. The maximum absolute atomic E-state index is 5.94. The molecule has 0 radical (unpaired) electrons. The normalized spacial score (nSPS) is 10.4. The Balaban J connectivity index is 2.16. The smallest absolute Gasteiger partial charge is 0.187 e. The molecular weight excluding hydrogens is 226 g/mol. The Morgan fingerprint density at radius 3 is 2.39 bits per heavy atom. The van der Waals surface area contributed by atoms with Crippen molar-refractivity contribution in [2.24, 2.45) is 0 Å². The van der Waals surface area contributed by atoms with Gasteiger partial charge in [-0.05, 0) is 22.6 Å². The predicted octanol–water partition coefficient (Wildman–Crippen LogP) is 1.91. The van der Waals surface area contributed by atoms with Gasteiger partial charge in [0.2, 0.25) is 0 Å². The molecule has 3 rings (SSSR count). The lowest BCUT2D eigenvalue weighted by Gasteiger charge is -2.06. The Bertz CT molecular complexity index is 660. The van der Waals surface area contributed by atoms with Crippen LogP contribution in [-0.2, 0) is 0 Å². The van der Waals surface area contributed by atoms with Crippen molar-refractivity contribution < 1.29 is 0 Å². The fourth-order valence-electron chi connectivity index (χ4n) is 1.80. The lowest BCUT2D eigenvalue weighted by Crippen LogP contribution is -2.03. The molecule has 18 heavy (non-hydrogen) atoms. The van der Waals surface area contributed by atoms with Gasteiger partial charge in [0.15, 0.2) is 5.82 Å². The number of nitrogens with zero attached hydrogens (tertiary/aromatic N) is 4. The van der Waals surface area contributed by atoms with Crippen molar-refractivity contribution in [1.82, 2.24) is 20.2 Å². The van der Waals surface area contributed by atoms with E-state index in [1.165, 1.54) is 0 Å². The molecule has 0 amide bonds. The number of rotatable bonds is 2. The third-order valence-electron chi connectivity index (χ3n) is 2.67. The van der Waals surface area contributed by atoms with E-state index in [1.807, 2.05) is 54.6 Å². The van der Waals surface area contributed by atoms with Crippen LogP contribution in [0.3, 0.4) is 0 Å². The first-order valence-corrected chi connectivity index (χ1v) is 5.55. The van der Waals surface area contributed by atoms with Gasteiger partial charge in [-0.1, -0.05) is 42.5 Å². The number of benzene rings is 2. The highest BCUT2D eigenvalue weighted by Gasteiger charge is 2.11. The molecule has 0 spiro atoms. The minimum Gasteiger partial charge on any atom is -0.397 e. The topological polar surface area (TPSA) is 69.6 Å². The van der Waals surface area contributed by atoms with Crippen LogP contribution in [0.2, 0.25) is 0 Å². The van der Waals surface area contributed by atoms with E-state index in [4.69, 9.17) is 5.73 Å². The molecule has 0 aliphatic carbocycles. The van der Waals surface area contributed by atoms with E-state index in [0.29, 0.717) is 11.5 Å². The first kappa shape index (κ1) is 10.5. The largest absolute Gasteiger partial charge is 0.397 e. The summed E-state index contributed by atoms with van der Waals surface area (Å²) >= 11 is 0. The maximum atomic E-state index is 5.94. The zero-order valence-corrected chi connectivity index (χ0v) is 9.56. The van der Waals surface area contributed by atoms with Crippen molar-refractivity contribution in [3.8, 4) is 17.1 Å². The van der Waals surface area contributed by atoms with Crippen LogP contribution in [0.4, 0.5) is 5.69 Å². The van der Waals surface area contributed by atoms with Crippen LogP contribution in [0.1, 0.15) is 0 Å². The molecule has 0 bridgehead atoms. The summed E-state index contributed by atoms with van der Waals surface area (Å²) in [6, 6.07) is 17.3. The van der Waals surface area contributed by atoms with Crippen molar-refractivity contribution in [1.29, 1.82) is 0 Å². The number of nitrogen functional groups attached to an aromatic ring is 1. The highest BCUT2D eigenvalue weighted by atomic mass is 15.5. The molecule has 2 aromatic carbocycles. The summed E-state index contributed by atoms with van der Waals surface area (Å²) in [6.07, 6.45) is 0. The predicted molar refractivity (Wildman–Crippen MR) is 69.0 cm³/mol. The number of hydrogen-bond acceptors (Lipinski definition) is 4. The molecule has 2 N–H and O–H groups in total. The van der Waals surface area contributed by atoms with Crippen molar-refractivity contribution in [3.63, 3.8) is 0 Å². The highest BCUT2D eigenvalue weighted by Crippen LogP contribution is 2.22. The van der Waals surface area contributed by atoms with Gasteiger partial charge < -0.3 is 5.73 Å². The van der Waals surface area contributed by atoms with Crippen LogP contribution >= 0.6 is 0 Å². The summed E-state index contributed by atoms with van der Waals surface area (Å²) < 4.78 is 1.64. The Morgan fingerprint density at radius 1 is 0.889 bits per heavy atom. The van der Waals surface area contributed by atoms with E-state index >= 15 is 0 Å². The summed E-state index contributed by atoms with van der Waals surface area (Å²) in [5.41, 5.74) is 8.31. The molecule has 5 heteroatoms. The average molecular weight is 237 g/mol. The zero-order chi connectivity index (χ0) is 12.4. The third kappa shape index (κ3) is 1.71. The second-order valence-corrected chi connectivity index (χ2v) is 3.84. The summed E-state index contributed by atoms with van der Waals surface area (Å²) in [7, 11) is 0. The summed E-state index contributed by atoms with van der Waals surface area (Å²) in [5, 5.41) is 11.8. The van der Waals surface area contributed by atoms with E-state index < -0.39 is 0 Å². The molecule has 0 atom stereocenters. The third-order valence-corrected chi connectivity index (χ3v) is 2.67. The van der Waals surface area contributed by atoms with Gasteiger partial charge >= 0.3 is 0 Å². The van der Waals surface area contributed by atoms with Crippen LogP contribution in [0.5, 0.6) is 0 Å². The molecule has 5 nitrogen and oxygen atoms in total. The van der Waals surface area contributed by atoms with Gasteiger partial charge in [-0.15, -0.1) is 5.10 Å². The van der Waals surface area contributed by atoms with Gasteiger partial charge in [-0.2, -0.15) is 4.68 Å². The van der Waals surface area contributed by atoms with Gasteiger partial charge in [0, 0.05) is 5.56 Å². The fraction of sp³-hybridized carbons (Fsp3) is 0. The fourth-order valence-corrected chi connectivity index (χ4v) is 1.80. The minimum atomic E-state index is 0.641. The number of aromatic nitrogens is 4. The number of tetrazole rings is 1. The van der Waals surface area contributed by atoms with Gasteiger partial charge in [0.25, 0.3) is 0 Å². The van der Waals surface area contributed by atoms with Crippen molar-refractivity contribution in [2.45, 2.75) is 0 Å². The summed E-state index contributed by atoms with van der Waals surface area (Å²) in [4.78, 5) is 0. The lowest BCUT2D eigenvalue weighted by molar-refractivity contribution is 0.792. The van der Waals surface area contributed by atoms with E-state index in [9.17, 15) is 0 Å². The monoisotopic (exact) mass is 237 g/mol. The SMILES string of the molecule is Nc1ccccc1-n1nnnc1-c1ccccc1. The maximum Gasteiger partial charge on any atom is 0.187 e. The number of para-hydroxylation sites is 2. The van der Waals surface area contributed by atoms with Crippen LogP contribution in [0.15, 0.2) is 54.6 Å². The van der Waals surface area contributed by atoms with Gasteiger partial charge in [0.1, 0.15) is 0 Å². The number of nitrogens with two attached hydrogens (primary N) is 1. The molecule has 0 aliphatic heterocycles. The summed E-state index contributed by atoms with van der Waals surface area (Å²) in [5.74, 6) is 0.675. The molecular formula is C13H11N5. The standard InChI is InChI=1S/C13H11N5/c14-11-8-4-5-9-12(11)18-13(15-16-17-18)10-6-2-1-3-7-10/h1-9H,14H2. The van der Waals surface area contributed by atoms with E-state index in [0.717, 1.165) is 11.3 Å². The Morgan fingerprint density at radius 2 is 1.61 bits per heavy atom. The Kier molecular flexibility index (Phi) is 2.49. The van der Waals surface area contributed by atoms with Gasteiger partial charge in [-0.25, -0.2) is 0 Å². The second-order valence-electron chi connectivity index (χ2n) is 3.84. The average Bonchev–Trinajstić information content (AvgIpc) is 2.89. The first-order valence-electron chi connectivity index (χ1n) is 5.55. The molecule has 3 aromatic rings. The quantitative estimate of drug-likeness (QED) is 0.691. The van der Waals surface area contributed by atoms with Gasteiger partial charge in [-0.3, -0.25) is 0 Å². The van der Waals surface area contributed by atoms with Crippen LogP contribution in [0.25, 0.3) is 17.1 Å². The molecule has 1 heterocycles. The zero-order valence-electron chi connectivity index (χ0n) is 9.56. The number of anilines is 1. The highest BCUT2D eigenvalue weighted by molar-refractivity contribution is 5.63. The molecule has 0 saturated carbocycles. The van der Waals surface area contributed by atoms with E-state index in [1.54, 1.807) is 4.68 Å². The molecule has 88 valence electrons. The van der Waals surface area contributed by atoms with Crippen LogP contribution in [0, 0.1) is 0 Å². The summed E-state index contributed by atoms with van der Waals surface area (Å²) in [6.45, 7) is 0. The Hall–Kier alpha value is -2.69. The molecule has 0 aliphatic rings. The first-order chi connectivity index (χ1) is 8.86. The van der Waals surface area contributed by atoms with Gasteiger partial charge in [0.05, 0.1) is 11.4 Å². The molecule has 0 fully saturated rings. The van der Waals surface area contributed by atoms with Crippen molar-refractivity contribution >= 4 is 5.69 Å².